The molecule has 0 bridgehead atoms. The molecule has 0 aliphatic heterocycles. The van der Waals surface area contributed by atoms with E-state index in [0.717, 1.165) is 21.6 Å². The van der Waals surface area contributed by atoms with Gasteiger partial charge in [0.05, 0.1) is 5.52 Å². The minimum absolute atomic E-state index is 0.261. The van der Waals surface area contributed by atoms with Crippen LogP contribution in [-0.4, -0.2) is 24.8 Å². The third kappa shape index (κ3) is 3.11. The largest absolute Gasteiger partial charge is 0.486 e. The van der Waals surface area contributed by atoms with Gasteiger partial charge in [-0.15, -0.1) is 10.2 Å². The Morgan fingerprint density at radius 3 is 2.70 bits per heavy atom. The van der Waals surface area contributed by atoms with E-state index in [4.69, 9.17) is 21.3 Å². The molecule has 27 heavy (non-hydrogen) atoms. The van der Waals surface area contributed by atoms with Crippen LogP contribution < -0.4 is 4.74 Å². The molecule has 8 heteroatoms. The van der Waals surface area contributed by atoms with E-state index < -0.39 is 0 Å². The monoisotopic (exact) mass is 393 g/mol. The zero-order valence-electron chi connectivity index (χ0n) is 13.9. The molecule has 0 atom stereocenters. The van der Waals surface area contributed by atoms with Gasteiger partial charge in [0, 0.05) is 10.4 Å². The lowest BCUT2D eigenvalue weighted by molar-refractivity contribution is 0.293. The molecule has 5 aromatic rings. The van der Waals surface area contributed by atoms with Crippen LogP contribution in [-0.2, 0) is 6.61 Å². The number of hydrogen-bond donors (Lipinski definition) is 0. The Morgan fingerprint density at radius 1 is 0.963 bits per heavy atom. The van der Waals surface area contributed by atoms with E-state index in [0.29, 0.717) is 21.6 Å². The summed E-state index contributed by atoms with van der Waals surface area (Å²) < 4.78 is 7.45. The van der Waals surface area contributed by atoms with Gasteiger partial charge in [0.15, 0.2) is 10.8 Å². The van der Waals surface area contributed by atoms with Crippen LogP contribution in [0.15, 0.2) is 60.7 Å². The molecule has 0 aliphatic rings. The Labute approximate surface area is 163 Å². The van der Waals surface area contributed by atoms with E-state index in [2.05, 4.69) is 15.3 Å². The number of rotatable bonds is 4. The predicted molar refractivity (Wildman–Crippen MR) is 105 cm³/mol. The van der Waals surface area contributed by atoms with E-state index in [-0.39, 0.29) is 6.61 Å². The number of benzene rings is 2. The van der Waals surface area contributed by atoms with Crippen molar-refractivity contribution in [2.24, 2.45) is 0 Å². The number of halogens is 1. The number of nitrogens with zero attached hydrogens (tertiary/aromatic N) is 5. The van der Waals surface area contributed by atoms with Crippen molar-refractivity contribution in [1.29, 1.82) is 0 Å². The average molecular weight is 394 g/mol. The summed E-state index contributed by atoms with van der Waals surface area (Å²) >= 11 is 7.34. The second kappa shape index (κ2) is 6.61. The molecule has 0 saturated heterocycles. The lowest BCUT2D eigenvalue weighted by Gasteiger charge is -2.03. The maximum absolute atomic E-state index is 5.89. The van der Waals surface area contributed by atoms with Crippen LogP contribution in [0.4, 0.5) is 0 Å². The van der Waals surface area contributed by atoms with Crippen LogP contribution in [0.2, 0.25) is 5.02 Å². The summed E-state index contributed by atoms with van der Waals surface area (Å²) in [6, 6.07) is 19.2. The normalized spacial score (nSPS) is 11.3. The van der Waals surface area contributed by atoms with Crippen molar-refractivity contribution in [2.75, 3.05) is 0 Å². The molecule has 0 spiro atoms. The summed E-state index contributed by atoms with van der Waals surface area (Å²) in [7, 11) is 0. The van der Waals surface area contributed by atoms with Crippen molar-refractivity contribution >= 4 is 38.8 Å². The highest BCUT2D eigenvalue weighted by molar-refractivity contribution is 7.19. The minimum atomic E-state index is 0.261. The first-order valence-electron chi connectivity index (χ1n) is 8.22. The molecular weight excluding hydrogens is 382 g/mol. The summed E-state index contributed by atoms with van der Waals surface area (Å²) in [4.78, 5) is 5.40. The molecule has 0 N–H and O–H groups in total. The lowest BCUT2D eigenvalue weighted by Crippen LogP contribution is -2.02. The van der Waals surface area contributed by atoms with Crippen molar-refractivity contribution in [3.63, 3.8) is 0 Å². The topological polar surface area (TPSA) is 65.2 Å². The molecule has 3 heterocycles. The van der Waals surface area contributed by atoms with E-state index in [1.54, 1.807) is 16.6 Å². The van der Waals surface area contributed by atoms with E-state index in [9.17, 15) is 0 Å². The summed E-state index contributed by atoms with van der Waals surface area (Å²) in [5, 5.41) is 15.5. The smallest absolute Gasteiger partial charge is 0.235 e. The average Bonchev–Trinajstić information content (AvgIpc) is 3.28. The number of pyridine rings is 1. The quantitative estimate of drug-likeness (QED) is 0.445. The van der Waals surface area contributed by atoms with Gasteiger partial charge in [-0.2, -0.15) is 9.61 Å². The first kappa shape index (κ1) is 16.2. The molecule has 132 valence electrons. The zero-order valence-corrected chi connectivity index (χ0v) is 15.5. The van der Waals surface area contributed by atoms with Gasteiger partial charge in [-0.3, -0.25) is 0 Å². The molecule has 0 aliphatic carbocycles. The second-order valence-electron chi connectivity index (χ2n) is 5.85. The van der Waals surface area contributed by atoms with Crippen LogP contribution in [0.25, 0.3) is 26.6 Å². The number of para-hydroxylation sites is 1. The molecule has 3 aromatic heterocycles. The van der Waals surface area contributed by atoms with Crippen molar-refractivity contribution in [1.82, 2.24) is 24.8 Å². The molecule has 6 nitrogen and oxygen atoms in total. The SMILES string of the molecule is Clc1ccc(OCc2nnc3sc(-c4ccc5ccccc5n4)nn23)cc1. The third-order valence-corrected chi connectivity index (χ3v) is 5.23. The van der Waals surface area contributed by atoms with Gasteiger partial charge in [0.2, 0.25) is 4.96 Å². The molecule has 0 radical (unpaired) electrons. The second-order valence-corrected chi connectivity index (χ2v) is 7.24. The van der Waals surface area contributed by atoms with E-state index in [1.807, 2.05) is 48.5 Å². The molecule has 5 rings (SSSR count). The van der Waals surface area contributed by atoms with Crippen LogP contribution in [0.3, 0.4) is 0 Å². The van der Waals surface area contributed by atoms with Crippen LogP contribution in [0, 0.1) is 0 Å². The van der Waals surface area contributed by atoms with Gasteiger partial charge >= 0.3 is 0 Å². The van der Waals surface area contributed by atoms with Gasteiger partial charge in [0.25, 0.3) is 0 Å². The first-order valence-corrected chi connectivity index (χ1v) is 9.41. The molecule has 2 aromatic carbocycles. The summed E-state index contributed by atoms with van der Waals surface area (Å²) in [6.45, 7) is 0.261. The first-order chi connectivity index (χ1) is 13.3. The summed E-state index contributed by atoms with van der Waals surface area (Å²) in [5.74, 6) is 1.34. The van der Waals surface area contributed by atoms with Crippen molar-refractivity contribution in [3.05, 3.63) is 71.5 Å². The Morgan fingerprint density at radius 2 is 1.81 bits per heavy atom. The Bertz CT molecular complexity index is 1250. The number of ether oxygens (including phenoxy) is 1. The standard InChI is InChI=1S/C19H12ClN5OS/c20-13-6-8-14(9-7-13)26-11-17-22-23-19-25(17)24-18(27-19)16-10-5-12-3-1-2-4-15(12)21-16/h1-10H,11H2. The fourth-order valence-electron chi connectivity index (χ4n) is 2.71. The van der Waals surface area contributed by atoms with Gasteiger partial charge in [-0.1, -0.05) is 47.2 Å². The summed E-state index contributed by atoms with van der Waals surface area (Å²) in [6.07, 6.45) is 0. The molecule has 0 fully saturated rings. The highest BCUT2D eigenvalue weighted by Crippen LogP contribution is 2.26. The highest BCUT2D eigenvalue weighted by Gasteiger charge is 2.14. The van der Waals surface area contributed by atoms with Crippen LogP contribution in [0.5, 0.6) is 5.75 Å². The summed E-state index contributed by atoms with van der Waals surface area (Å²) in [5.41, 5.74) is 1.75. The highest BCUT2D eigenvalue weighted by atomic mass is 35.5. The van der Waals surface area contributed by atoms with Gasteiger partial charge < -0.3 is 4.74 Å². The van der Waals surface area contributed by atoms with Gasteiger partial charge in [-0.05, 0) is 36.4 Å². The molecule has 0 saturated carbocycles. The fraction of sp³-hybridized carbons (Fsp3) is 0.0526. The van der Waals surface area contributed by atoms with Gasteiger partial charge in [0.1, 0.15) is 18.1 Å². The minimum Gasteiger partial charge on any atom is -0.486 e. The van der Waals surface area contributed by atoms with Gasteiger partial charge in [-0.25, -0.2) is 4.98 Å². The third-order valence-electron chi connectivity index (χ3n) is 4.05. The van der Waals surface area contributed by atoms with Crippen molar-refractivity contribution in [3.8, 4) is 16.5 Å². The Kier molecular flexibility index (Phi) is 3.95. The zero-order chi connectivity index (χ0) is 18.2. The van der Waals surface area contributed by atoms with Crippen molar-refractivity contribution < 1.29 is 4.74 Å². The predicted octanol–water partition coefficient (Wildman–Crippen LogP) is 4.63. The van der Waals surface area contributed by atoms with E-state index in [1.165, 1.54) is 11.3 Å². The molecule has 0 unspecified atom stereocenters. The van der Waals surface area contributed by atoms with Crippen LogP contribution in [0.1, 0.15) is 5.82 Å². The Hall–Kier alpha value is -3.03. The number of fused-ring (bicyclic) bond motifs is 2. The molecular formula is C19H12ClN5OS. The fourth-order valence-corrected chi connectivity index (χ4v) is 3.67. The number of aromatic nitrogens is 5. The number of hydrogen-bond acceptors (Lipinski definition) is 6. The molecule has 0 amide bonds. The maximum Gasteiger partial charge on any atom is 0.235 e. The maximum atomic E-state index is 5.89. The van der Waals surface area contributed by atoms with Crippen molar-refractivity contribution in [2.45, 2.75) is 6.61 Å². The Balaban J connectivity index is 1.44. The van der Waals surface area contributed by atoms with E-state index >= 15 is 0 Å². The van der Waals surface area contributed by atoms with Crippen LogP contribution >= 0.6 is 22.9 Å². The lowest BCUT2D eigenvalue weighted by atomic mass is 10.2.